The zero-order valence-corrected chi connectivity index (χ0v) is 16.0. The lowest BCUT2D eigenvalue weighted by Crippen LogP contribution is -2.21. The highest BCUT2D eigenvalue weighted by atomic mass is 16.5. The SMILES string of the molecule is CN(C)C(=O)c1ccc(Oc2ccc(C3C4CC5CC(C4)C3C5)cc2)nc1. The molecule has 4 saturated carbocycles. The molecule has 1 amide bonds. The molecular weight excluding hydrogens is 336 g/mol. The minimum atomic E-state index is -0.0570. The molecular formula is C23H26N2O2. The van der Waals surface area contributed by atoms with E-state index in [4.69, 9.17) is 4.74 Å². The van der Waals surface area contributed by atoms with Crippen LogP contribution in [0.5, 0.6) is 11.6 Å². The second-order valence-electron chi connectivity index (χ2n) is 8.77. The van der Waals surface area contributed by atoms with Gasteiger partial charge in [-0.25, -0.2) is 4.98 Å². The molecule has 0 radical (unpaired) electrons. The second kappa shape index (κ2) is 6.36. The van der Waals surface area contributed by atoms with Gasteiger partial charge in [0.1, 0.15) is 5.75 Å². The molecule has 2 aromatic rings. The van der Waals surface area contributed by atoms with Gasteiger partial charge >= 0.3 is 0 Å². The number of hydrogen-bond donors (Lipinski definition) is 0. The second-order valence-corrected chi connectivity index (χ2v) is 8.77. The maximum atomic E-state index is 11.9. The molecule has 6 rings (SSSR count). The van der Waals surface area contributed by atoms with Crippen molar-refractivity contribution in [2.45, 2.75) is 31.6 Å². The molecule has 140 valence electrons. The number of rotatable bonds is 4. The van der Waals surface area contributed by atoms with Gasteiger partial charge in [-0.1, -0.05) is 12.1 Å². The van der Waals surface area contributed by atoms with Crippen LogP contribution in [0.25, 0.3) is 0 Å². The smallest absolute Gasteiger partial charge is 0.254 e. The number of amides is 1. The topological polar surface area (TPSA) is 42.4 Å². The van der Waals surface area contributed by atoms with E-state index < -0.39 is 0 Å². The number of nitrogens with zero attached hydrogens (tertiary/aromatic N) is 2. The van der Waals surface area contributed by atoms with Crippen molar-refractivity contribution in [3.05, 3.63) is 53.7 Å². The molecule has 4 bridgehead atoms. The molecule has 4 heteroatoms. The standard InChI is InChI=1S/C23H26N2O2/c1-25(2)23(26)16-5-8-21(24-13-16)27-19-6-3-15(4-7-19)22-18-10-14-9-17(12-18)20(22)11-14/h3-8,13-14,17-18,20,22H,9-12H2,1-2H3. The number of aromatic nitrogens is 1. The zero-order valence-electron chi connectivity index (χ0n) is 16.0. The lowest BCUT2D eigenvalue weighted by molar-refractivity contribution is 0.0827. The molecule has 5 unspecified atom stereocenters. The van der Waals surface area contributed by atoms with Crippen LogP contribution in [0, 0.1) is 23.7 Å². The number of ether oxygens (including phenoxy) is 1. The summed E-state index contributed by atoms with van der Waals surface area (Å²) < 4.78 is 5.88. The number of carbonyl (C=O) groups excluding carboxylic acids is 1. The highest BCUT2D eigenvalue weighted by Crippen LogP contribution is 2.64. The normalized spacial score (nSPS) is 30.5. The van der Waals surface area contributed by atoms with Crippen LogP contribution < -0.4 is 4.74 Å². The van der Waals surface area contributed by atoms with Gasteiger partial charge in [-0.05, 0) is 79.0 Å². The third kappa shape index (κ3) is 2.91. The van der Waals surface area contributed by atoms with Crippen LogP contribution in [-0.2, 0) is 0 Å². The molecule has 0 spiro atoms. The Morgan fingerprint density at radius 3 is 2.44 bits per heavy atom. The Hall–Kier alpha value is -2.36. The lowest BCUT2D eigenvalue weighted by atomic mass is 9.73. The van der Waals surface area contributed by atoms with Crippen LogP contribution in [0.2, 0.25) is 0 Å². The molecule has 4 aliphatic rings. The van der Waals surface area contributed by atoms with E-state index in [0.717, 1.165) is 35.3 Å². The van der Waals surface area contributed by atoms with E-state index in [1.807, 2.05) is 0 Å². The first kappa shape index (κ1) is 16.8. The maximum Gasteiger partial charge on any atom is 0.254 e. The van der Waals surface area contributed by atoms with E-state index in [1.165, 1.54) is 31.2 Å². The Balaban J connectivity index is 1.28. The van der Waals surface area contributed by atoms with Gasteiger partial charge < -0.3 is 9.64 Å². The van der Waals surface area contributed by atoms with Crippen molar-refractivity contribution in [1.29, 1.82) is 0 Å². The summed E-state index contributed by atoms with van der Waals surface area (Å²) in [6, 6.07) is 12.1. The molecule has 0 saturated heterocycles. The summed E-state index contributed by atoms with van der Waals surface area (Å²) in [4.78, 5) is 17.7. The predicted octanol–water partition coefficient (Wildman–Crippen LogP) is 4.73. The Labute approximate surface area is 160 Å². The third-order valence-electron chi connectivity index (χ3n) is 6.93. The molecule has 4 fully saturated rings. The van der Waals surface area contributed by atoms with Crippen LogP contribution in [-0.4, -0.2) is 29.9 Å². The van der Waals surface area contributed by atoms with Gasteiger partial charge in [0.25, 0.3) is 5.91 Å². The highest BCUT2D eigenvalue weighted by Gasteiger charge is 2.53. The van der Waals surface area contributed by atoms with Crippen LogP contribution in [0.1, 0.15) is 47.5 Å². The van der Waals surface area contributed by atoms with Gasteiger partial charge in [0.15, 0.2) is 0 Å². The van der Waals surface area contributed by atoms with Gasteiger partial charge in [-0.15, -0.1) is 0 Å². The molecule has 1 aromatic carbocycles. The number of pyridine rings is 1. The van der Waals surface area contributed by atoms with Crippen molar-refractivity contribution in [3.8, 4) is 11.6 Å². The third-order valence-corrected chi connectivity index (χ3v) is 6.93. The van der Waals surface area contributed by atoms with Gasteiger partial charge in [0, 0.05) is 26.4 Å². The monoisotopic (exact) mass is 362 g/mol. The fourth-order valence-corrected chi connectivity index (χ4v) is 5.96. The van der Waals surface area contributed by atoms with Crippen LogP contribution >= 0.6 is 0 Å². The highest BCUT2D eigenvalue weighted by molar-refractivity contribution is 5.93. The van der Waals surface area contributed by atoms with Crippen LogP contribution in [0.3, 0.4) is 0 Å². The van der Waals surface area contributed by atoms with Crippen molar-refractivity contribution in [3.63, 3.8) is 0 Å². The molecule has 5 atom stereocenters. The van der Waals surface area contributed by atoms with Gasteiger partial charge in [0.2, 0.25) is 5.88 Å². The Kier molecular flexibility index (Phi) is 3.96. The zero-order chi connectivity index (χ0) is 18.5. The minimum absolute atomic E-state index is 0.0570. The summed E-state index contributed by atoms with van der Waals surface area (Å²) in [5.74, 6) is 5.85. The van der Waals surface area contributed by atoms with Gasteiger partial charge in [-0.3, -0.25) is 4.79 Å². The number of carbonyl (C=O) groups is 1. The number of hydrogen-bond acceptors (Lipinski definition) is 3. The molecule has 27 heavy (non-hydrogen) atoms. The van der Waals surface area contributed by atoms with Crippen LogP contribution in [0.4, 0.5) is 0 Å². The van der Waals surface area contributed by atoms with Crippen molar-refractivity contribution >= 4 is 5.91 Å². The summed E-state index contributed by atoms with van der Waals surface area (Å²) in [5, 5.41) is 0. The van der Waals surface area contributed by atoms with E-state index in [9.17, 15) is 4.79 Å². The van der Waals surface area contributed by atoms with E-state index in [-0.39, 0.29) is 5.91 Å². The summed E-state index contributed by atoms with van der Waals surface area (Å²) in [5.41, 5.74) is 2.05. The summed E-state index contributed by atoms with van der Waals surface area (Å²) in [6.45, 7) is 0. The van der Waals surface area contributed by atoms with Crippen molar-refractivity contribution in [2.24, 2.45) is 23.7 Å². The van der Waals surface area contributed by atoms with E-state index in [2.05, 4.69) is 29.2 Å². The molecule has 1 heterocycles. The van der Waals surface area contributed by atoms with Gasteiger partial charge in [0.05, 0.1) is 5.56 Å². The quantitative estimate of drug-likeness (QED) is 0.790. The first-order valence-electron chi connectivity index (χ1n) is 10.0. The molecule has 1 aromatic heterocycles. The van der Waals surface area contributed by atoms with E-state index in [1.54, 1.807) is 37.3 Å². The summed E-state index contributed by atoms with van der Waals surface area (Å²) in [7, 11) is 3.46. The van der Waals surface area contributed by atoms with E-state index >= 15 is 0 Å². The van der Waals surface area contributed by atoms with Crippen molar-refractivity contribution in [1.82, 2.24) is 9.88 Å². The average molecular weight is 362 g/mol. The Morgan fingerprint density at radius 2 is 1.78 bits per heavy atom. The number of benzene rings is 1. The predicted molar refractivity (Wildman–Crippen MR) is 104 cm³/mol. The van der Waals surface area contributed by atoms with Crippen molar-refractivity contribution < 1.29 is 9.53 Å². The fraction of sp³-hybridized carbons (Fsp3) is 0.478. The first-order valence-corrected chi connectivity index (χ1v) is 10.0. The molecule has 0 N–H and O–H groups in total. The summed E-state index contributed by atoms with van der Waals surface area (Å²) in [6.07, 6.45) is 7.39. The molecule has 4 aliphatic carbocycles. The molecule has 4 nitrogen and oxygen atoms in total. The summed E-state index contributed by atoms with van der Waals surface area (Å²) >= 11 is 0. The average Bonchev–Trinajstić information content (AvgIpc) is 3.09. The lowest BCUT2D eigenvalue weighted by Gasteiger charge is -2.32. The van der Waals surface area contributed by atoms with Crippen molar-refractivity contribution in [2.75, 3.05) is 14.1 Å². The Morgan fingerprint density at radius 1 is 1.00 bits per heavy atom. The van der Waals surface area contributed by atoms with Crippen LogP contribution in [0.15, 0.2) is 42.6 Å². The largest absolute Gasteiger partial charge is 0.439 e. The van der Waals surface area contributed by atoms with E-state index in [0.29, 0.717) is 11.4 Å². The first-order chi connectivity index (χ1) is 13.1. The Bertz CT molecular complexity index is 840. The fourth-order valence-electron chi connectivity index (χ4n) is 5.96. The maximum absolute atomic E-state index is 11.9. The van der Waals surface area contributed by atoms with Gasteiger partial charge in [-0.2, -0.15) is 0 Å². The molecule has 0 aliphatic heterocycles. The minimum Gasteiger partial charge on any atom is -0.439 e.